The van der Waals surface area contributed by atoms with Crippen LogP contribution in [-0.4, -0.2) is 27.2 Å². The largest absolute Gasteiger partial charge is 0.481 e. The second kappa shape index (κ2) is 7.12. The fraction of sp³-hybridized carbons (Fsp3) is 0.167. The lowest BCUT2D eigenvalue weighted by Gasteiger charge is -2.17. The second-order valence-corrected chi connectivity index (χ2v) is 5.67. The van der Waals surface area contributed by atoms with Crippen molar-refractivity contribution >= 4 is 22.8 Å². The van der Waals surface area contributed by atoms with Gasteiger partial charge in [-0.2, -0.15) is 5.10 Å². The zero-order valence-corrected chi connectivity index (χ0v) is 13.2. The lowest BCUT2D eigenvalue weighted by atomic mass is 10.0. The fourth-order valence-electron chi connectivity index (χ4n) is 2.68. The van der Waals surface area contributed by atoms with Crippen LogP contribution in [-0.2, 0) is 16.0 Å². The van der Waals surface area contributed by atoms with Gasteiger partial charge in [-0.3, -0.25) is 14.7 Å². The molecular formula is C18H16FN3O3. The summed E-state index contributed by atoms with van der Waals surface area (Å²) in [5, 5.41) is 19.6. The van der Waals surface area contributed by atoms with Crippen molar-refractivity contribution in [3.05, 3.63) is 65.6 Å². The molecule has 0 unspecified atom stereocenters. The highest BCUT2D eigenvalue weighted by Gasteiger charge is 2.19. The predicted molar refractivity (Wildman–Crippen MR) is 89.3 cm³/mol. The van der Waals surface area contributed by atoms with Crippen molar-refractivity contribution in [2.45, 2.75) is 18.9 Å². The minimum Gasteiger partial charge on any atom is -0.481 e. The van der Waals surface area contributed by atoms with Crippen molar-refractivity contribution in [2.75, 3.05) is 0 Å². The third kappa shape index (κ3) is 4.00. The van der Waals surface area contributed by atoms with Crippen molar-refractivity contribution in [1.29, 1.82) is 0 Å². The maximum absolute atomic E-state index is 13.1. The Morgan fingerprint density at radius 3 is 2.60 bits per heavy atom. The quantitative estimate of drug-likeness (QED) is 0.642. The Morgan fingerprint density at radius 1 is 1.16 bits per heavy atom. The van der Waals surface area contributed by atoms with Crippen LogP contribution in [0.25, 0.3) is 10.9 Å². The predicted octanol–water partition coefficient (Wildman–Crippen LogP) is 2.58. The van der Waals surface area contributed by atoms with Gasteiger partial charge in [0.15, 0.2) is 0 Å². The molecule has 0 radical (unpaired) electrons. The van der Waals surface area contributed by atoms with E-state index in [1.165, 1.54) is 24.3 Å². The first-order valence-corrected chi connectivity index (χ1v) is 7.71. The first-order chi connectivity index (χ1) is 12.0. The molecule has 1 atom stereocenters. The molecule has 1 aromatic heterocycles. The van der Waals surface area contributed by atoms with Crippen LogP contribution in [0.1, 0.15) is 23.7 Å². The smallest absolute Gasteiger partial charge is 0.305 e. The molecule has 7 heteroatoms. The minimum absolute atomic E-state index is 0.0395. The number of H-pyrrole nitrogens is 1. The number of nitrogens with zero attached hydrogens (tertiary/aromatic N) is 1. The molecule has 1 heterocycles. The highest BCUT2D eigenvalue weighted by Crippen LogP contribution is 2.19. The molecule has 2 aromatic carbocycles. The van der Waals surface area contributed by atoms with Gasteiger partial charge in [-0.15, -0.1) is 0 Å². The molecule has 0 spiro atoms. The molecular weight excluding hydrogens is 325 g/mol. The third-order valence-corrected chi connectivity index (χ3v) is 3.86. The number of nitrogens with one attached hydrogen (secondary N) is 2. The number of fused-ring (bicyclic) bond motifs is 1. The number of hydrogen-bond donors (Lipinski definition) is 3. The molecule has 128 valence electrons. The Labute approximate surface area is 142 Å². The lowest BCUT2D eigenvalue weighted by Crippen LogP contribution is -2.31. The molecule has 0 saturated heterocycles. The molecule has 0 fully saturated rings. The van der Waals surface area contributed by atoms with Gasteiger partial charge >= 0.3 is 5.97 Å². The summed E-state index contributed by atoms with van der Waals surface area (Å²) in [6, 6.07) is 12.1. The first kappa shape index (κ1) is 16.6. The van der Waals surface area contributed by atoms with Gasteiger partial charge in [0.1, 0.15) is 5.82 Å². The molecule has 3 N–H and O–H groups in total. The van der Waals surface area contributed by atoms with E-state index in [4.69, 9.17) is 5.11 Å². The number of halogens is 1. The van der Waals surface area contributed by atoms with Gasteiger partial charge in [0.2, 0.25) is 5.91 Å². The van der Waals surface area contributed by atoms with E-state index >= 15 is 0 Å². The van der Waals surface area contributed by atoms with Gasteiger partial charge < -0.3 is 10.4 Å². The van der Waals surface area contributed by atoms with E-state index in [0.717, 1.165) is 10.9 Å². The molecule has 0 saturated carbocycles. The maximum atomic E-state index is 13.1. The number of carbonyl (C=O) groups is 2. The molecule has 0 aliphatic heterocycles. The third-order valence-electron chi connectivity index (χ3n) is 3.86. The summed E-state index contributed by atoms with van der Waals surface area (Å²) in [5.74, 6) is -1.82. The Balaban J connectivity index is 1.75. The summed E-state index contributed by atoms with van der Waals surface area (Å²) < 4.78 is 13.1. The summed E-state index contributed by atoms with van der Waals surface area (Å²) in [5.41, 5.74) is 1.94. The molecule has 1 amide bonds. The van der Waals surface area contributed by atoms with E-state index in [0.29, 0.717) is 11.3 Å². The molecule has 0 bridgehead atoms. The van der Waals surface area contributed by atoms with E-state index in [1.807, 2.05) is 24.3 Å². The SMILES string of the molecule is O=C(O)C[C@H](NC(=O)Cc1[nH]nc2ccccc12)c1ccc(F)cc1. The Kier molecular flexibility index (Phi) is 4.74. The topological polar surface area (TPSA) is 95.1 Å². The Hall–Kier alpha value is -3.22. The van der Waals surface area contributed by atoms with Gasteiger partial charge in [0.25, 0.3) is 0 Å². The Morgan fingerprint density at radius 2 is 1.88 bits per heavy atom. The molecule has 25 heavy (non-hydrogen) atoms. The van der Waals surface area contributed by atoms with E-state index < -0.39 is 17.8 Å². The van der Waals surface area contributed by atoms with E-state index in [1.54, 1.807) is 0 Å². The van der Waals surface area contributed by atoms with Crippen LogP contribution in [0, 0.1) is 5.82 Å². The van der Waals surface area contributed by atoms with E-state index in [2.05, 4.69) is 15.5 Å². The molecule has 6 nitrogen and oxygen atoms in total. The lowest BCUT2D eigenvalue weighted by molar-refractivity contribution is -0.137. The monoisotopic (exact) mass is 341 g/mol. The van der Waals surface area contributed by atoms with Crippen LogP contribution in [0.15, 0.2) is 48.5 Å². The van der Waals surface area contributed by atoms with Crippen molar-refractivity contribution in [2.24, 2.45) is 0 Å². The number of para-hydroxylation sites is 1. The van der Waals surface area contributed by atoms with E-state index in [-0.39, 0.29) is 18.7 Å². The number of hydrogen-bond acceptors (Lipinski definition) is 3. The van der Waals surface area contributed by atoms with Crippen LogP contribution < -0.4 is 5.32 Å². The van der Waals surface area contributed by atoms with Crippen molar-refractivity contribution in [3.63, 3.8) is 0 Å². The number of aliphatic carboxylic acids is 1. The number of aromatic nitrogens is 2. The minimum atomic E-state index is -1.05. The van der Waals surface area contributed by atoms with Crippen molar-refractivity contribution in [3.8, 4) is 0 Å². The average Bonchev–Trinajstić information content (AvgIpc) is 2.98. The summed E-state index contributed by atoms with van der Waals surface area (Å²) in [6.45, 7) is 0. The van der Waals surface area contributed by atoms with E-state index in [9.17, 15) is 14.0 Å². The molecule has 0 aliphatic rings. The molecule has 3 rings (SSSR count). The number of benzene rings is 2. The van der Waals surface area contributed by atoms with Gasteiger partial charge in [-0.05, 0) is 23.8 Å². The second-order valence-electron chi connectivity index (χ2n) is 5.67. The number of aromatic amines is 1. The van der Waals surface area contributed by atoms with Gasteiger partial charge in [0.05, 0.1) is 30.1 Å². The summed E-state index contributed by atoms with van der Waals surface area (Å²) in [6.07, 6.45) is -0.251. The molecule has 3 aromatic rings. The average molecular weight is 341 g/mol. The van der Waals surface area contributed by atoms with Gasteiger partial charge in [0, 0.05) is 5.39 Å². The van der Waals surface area contributed by atoms with Crippen LogP contribution in [0.2, 0.25) is 0 Å². The zero-order chi connectivity index (χ0) is 17.8. The number of carboxylic acids is 1. The standard InChI is InChI=1S/C18H16FN3O3/c19-12-7-5-11(6-8-12)15(10-18(24)25)20-17(23)9-16-13-3-1-2-4-14(13)21-22-16/h1-8,15H,9-10H2,(H,20,23)(H,21,22)(H,24,25)/t15-/m0/s1. The van der Waals surface area contributed by atoms with Crippen LogP contribution in [0.5, 0.6) is 0 Å². The van der Waals surface area contributed by atoms with Crippen molar-refractivity contribution in [1.82, 2.24) is 15.5 Å². The summed E-state index contributed by atoms with van der Waals surface area (Å²) in [7, 11) is 0. The maximum Gasteiger partial charge on any atom is 0.305 e. The van der Waals surface area contributed by atoms with Crippen molar-refractivity contribution < 1.29 is 19.1 Å². The summed E-state index contributed by atoms with van der Waals surface area (Å²) >= 11 is 0. The highest BCUT2D eigenvalue weighted by molar-refractivity contribution is 5.87. The summed E-state index contributed by atoms with van der Waals surface area (Å²) in [4.78, 5) is 23.4. The Bertz CT molecular complexity index is 905. The fourth-order valence-corrected chi connectivity index (χ4v) is 2.68. The molecule has 0 aliphatic carbocycles. The number of carboxylic acid groups (broad SMARTS) is 1. The first-order valence-electron chi connectivity index (χ1n) is 7.71. The number of amides is 1. The normalized spacial score (nSPS) is 12.0. The highest BCUT2D eigenvalue weighted by atomic mass is 19.1. The van der Waals surface area contributed by atoms with Crippen LogP contribution in [0.4, 0.5) is 4.39 Å². The number of rotatable bonds is 6. The van der Waals surface area contributed by atoms with Gasteiger partial charge in [-0.1, -0.05) is 30.3 Å². The zero-order valence-electron chi connectivity index (χ0n) is 13.2. The van der Waals surface area contributed by atoms with Gasteiger partial charge in [-0.25, -0.2) is 4.39 Å². The number of carbonyl (C=O) groups excluding carboxylic acids is 1. The van der Waals surface area contributed by atoms with Crippen LogP contribution in [0.3, 0.4) is 0 Å². The van der Waals surface area contributed by atoms with Crippen LogP contribution >= 0.6 is 0 Å².